The largest absolute Gasteiger partial charge is 0.494 e. The number of hydrogen-bond donors (Lipinski definition) is 1. The standard InChI is InChI=1S/C19H28FN3O/c1-21-18(22-13-19(9-4-10-19)15-6-7-15)23(2)12-14-5-8-17(24-3)16(20)11-14/h5,8,11,15H,4,6-7,9-10,12-13H2,1-3H3,(H,21,22). The van der Waals surface area contributed by atoms with E-state index >= 15 is 0 Å². The Morgan fingerprint density at radius 2 is 2.17 bits per heavy atom. The van der Waals surface area contributed by atoms with Crippen molar-refractivity contribution in [2.24, 2.45) is 16.3 Å². The molecule has 4 nitrogen and oxygen atoms in total. The van der Waals surface area contributed by atoms with Crippen molar-refractivity contribution in [3.05, 3.63) is 29.6 Å². The molecule has 3 rings (SSSR count). The number of aliphatic imine (C=N–C) groups is 1. The minimum absolute atomic E-state index is 0.278. The van der Waals surface area contributed by atoms with Crippen LogP contribution in [0.4, 0.5) is 4.39 Å². The monoisotopic (exact) mass is 333 g/mol. The number of nitrogens with one attached hydrogen (secondary N) is 1. The Morgan fingerprint density at radius 3 is 2.67 bits per heavy atom. The van der Waals surface area contributed by atoms with E-state index in [0.717, 1.165) is 24.0 Å². The summed E-state index contributed by atoms with van der Waals surface area (Å²) in [5, 5.41) is 3.55. The molecule has 1 aromatic rings. The Balaban J connectivity index is 1.58. The van der Waals surface area contributed by atoms with Crippen LogP contribution in [-0.4, -0.2) is 38.6 Å². The molecule has 0 heterocycles. The van der Waals surface area contributed by atoms with Gasteiger partial charge in [-0.1, -0.05) is 12.5 Å². The minimum atomic E-state index is -0.325. The first-order valence-electron chi connectivity index (χ1n) is 8.82. The summed E-state index contributed by atoms with van der Waals surface area (Å²) in [6.45, 7) is 1.61. The predicted octanol–water partition coefficient (Wildman–Crippen LogP) is 3.42. The van der Waals surface area contributed by atoms with Gasteiger partial charge in [-0.2, -0.15) is 0 Å². The molecule has 2 fully saturated rings. The molecule has 0 unspecified atom stereocenters. The van der Waals surface area contributed by atoms with Gasteiger partial charge in [-0.25, -0.2) is 4.39 Å². The van der Waals surface area contributed by atoms with E-state index in [1.165, 1.54) is 45.3 Å². The van der Waals surface area contributed by atoms with Crippen LogP contribution in [0.15, 0.2) is 23.2 Å². The van der Waals surface area contributed by atoms with E-state index in [1.807, 2.05) is 18.0 Å². The summed E-state index contributed by atoms with van der Waals surface area (Å²) in [7, 11) is 5.27. The Hall–Kier alpha value is -1.78. The first-order chi connectivity index (χ1) is 11.6. The summed E-state index contributed by atoms with van der Waals surface area (Å²) >= 11 is 0. The van der Waals surface area contributed by atoms with Gasteiger partial charge in [-0.05, 0) is 54.7 Å². The summed E-state index contributed by atoms with van der Waals surface area (Å²) in [6, 6.07) is 5.09. The average Bonchev–Trinajstić information content (AvgIpc) is 3.35. The Bertz CT molecular complexity index is 609. The Morgan fingerprint density at radius 1 is 1.42 bits per heavy atom. The minimum Gasteiger partial charge on any atom is -0.494 e. The molecule has 24 heavy (non-hydrogen) atoms. The average molecular weight is 333 g/mol. The van der Waals surface area contributed by atoms with Gasteiger partial charge in [-0.15, -0.1) is 0 Å². The molecule has 0 saturated heterocycles. The second kappa shape index (κ2) is 6.99. The van der Waals surface area contributed by atoms with Crippen LogP contribution in [0.2, 0.25) is 0 Å². The third-order valence-electron chi connectivity index (χ3n) is 5.60. The van der Waals surface area contributed by atoms with E-state index in [2.05, 4.69) is 10.3 Å². The molecule has 0 aromatic heterocycles. The summed E-state index contributed by atoms with van der Waals surface area (Å²) in [6.07, 6.45) is 6.82. The fourth-order valence-electron chi connectivity index (χ4n) is 3.85. The maximum absolute atomic E-state index is 13.8. The topological polar surface area (TPSA) is 36.9 Å². The van der Waals surface area contributed by atoms with Crippen molar-refractivity contribution in [3.63, 3.8) is 0 Å². The van der Waals surface area contributed by atoms with Crippen LogP contribution < -0.4 is 10.1 Å². The van der Waals surface area contributed by atoms with Crippen molar-refractivity contribution in [1.29, 1.82) is 0 Å². The molecule has 2 aliphatic rings. The van der Waals surface area contributed by atoms with Crippen molar-refractivity contribution in [2.75, 3.05) is 27.7 Å². The first kappa shape index (κ1) is 17.1. The highest BCUT2D eigenvalue weighted by Gasteiger charge is 2.48. The predicted molar refractivity (Wildman–Crippen MR) is 94.8 cm³/mol. The van der Waals surface area contributed by atoms with Gasteiger partial charge in [0, 0.05) is 27.2 Å². The van der Waals surface area contributed by atoms with Crippen LogP contribution in [0.25, 0.3) is 0 Å². The lowest BCUT2D eigenvalue weighted by atomic mass is 9.65. The normalized spacial score (nSPS) is 19.6. The smallest absolute Gasteiger partial charge is 0.193 e. The number of halogens is 1. The highest BCUT2D eigenvalue weighted by molar-refractivity contribution is 5.79. The lowest BCUT2D eigenvalue weighted by Gasteiger charge is -2.43. The number of rotatable bonds is 6. The molecular formula is C19H28FN3O. The van der Waals surface area contributed by atoms with Gasteiger partial charge >= 0.3 is 0 Å². The van der Waals surface area contributed by atoms with Crippen LogP contribution in [0.5, 0.6) is 5.75 Å². The molecule has 132 valence electrons. The fourth-order valence-corrected chi connectivity index (χ4v) is 3.85. The van der Waals surface area contributed by atoms with Crippen LogP contribution in [-0.2, 0) is 6.54 Å². The third-order valence-corrected chi connectivity index (χ3v) is 5.60. The van der Waals surface area contributed by atoms with Gasteiger partial charge in [-0.3, -0.25) is 4.99 Å². The Kier molecular flexibility index (Phi) is 4.97. The fraction of sp³-hybridized carbons (Fsp3) is 0.632. The number of methoxy groups -OCH3 is 1. The van der Waals surface area contributed by atoms with E-state index in [4.69, 9.17) is 4.74 Å². The van der Waals surface area contributed by atoms with Gasteiger partial charge < -0.3 is 15.0 Å². The van der Waals surface area contributed by atoms with E-state index in [1.54, 1.807) is 13.1 Å². The molecule has 2 aliphatic carbocycles. The summed E-state index contributed by atoms with van der Waals surface area (Å²) in [5.41, 5.74) is 1.41. The van der Waals surface area contributed by atoms with Crippen molar-refractivity contribution >= 4 is 5.96 Å². The maximum atomic E-state index is 13.8. The van der Waals surface area contributed by atoms with Crippen LogP contribution in [0.1, 0.15) is 37.7 Å². The summed E-state index contributed by atoms with van der Waals surface area (Å²) in [5.74, 6) is 1.74. The molecule has 0 bridgehead atoms. The second-order valence-corrected chi connectivity index (χ2v) is 7.22. The molecule has 0 amide bonds. The Labute approximate surface area is 144 Å². The summed E-state index contributed by atoms with van der Waals surface area (Å²) in [4.78, 5) is 6.44. The highest BCUT2D eigenvalue weighted by Crippen LogP contribution is 2.56. The molecule has 0 radical (unpaired) electrons. The van der Waals surface area contributed by atoms with Crippen LogP contribution in [0, 0.1) is 17.2 Å². The van der Waals surface area contributed by atoms with Crippen molar-refractivity contribution in [2.45, 2.75) is 38.6 Å². The van der Waals surface area contributed by atoms with E-state index < -0.39 is 0 Å². The van der Waals surface area contributed by atoms with Gasteiger partial charge in [0.15, 0.2) is 17.5 Å². The highest BCUT2D eigenvalue weighted by atomic mass is 19.1. The molecule has 0 spiro atoms. The molecule has 1 N–H and O–H groups in total. The van der Waals surface area contributed by atoms with E-state index in [0.29, 0.717) is 12.0 Å². The SMILES string of the molecule is CN=C(NCC1(C2CC2)CCC1)N(C)Cc1ccc(OC)c(F)c1. The lowest BCUT2D eigenvalue weighted by Crippen LogP contribution is -2.47. The van der Waals surface area contributed by atoms with Gasteiger partial charge in [0.05, 0.1) is 7.11 Å². The van der Waals surface area contributed by atoms with E-state index in [9.17, 15) is 4.39 Å². The zero-order valence-corrected chi connectivity index (χ0v) is 14.9. The molecular weight excluding hydrogens is 305 g/mol. The third kappa shape index (κ3) is 3.50. The van der Waals surface area contributed by atoms with Crippen molar-refractivity contribution in [1.82, 2.24) is 10.2 Å². The van der Waals surface area contributed by atoms with Crippen molar-refractivity contribution in [3.8, 4) is 5.75 Å². The number of hydrogen-bond acceptors (Lipinski definition) is 2. The number of guanidine groups is 1. The summed E-state index contributed by atoms with van der Waals surface area (Å²) < 4.78 is 18.8. The zero-order chi connectivity index (χ0) is 17.2. The maximum Gasteiger partial charge on any atom is 0.193 e. The van der Waals surface area contributed by atoms with Crippen LogP contribution >= 0.6 is 0 Å². The van der Waals surface area contributed by atoms with Crippen molar-refractivity contribution < 1.29 is 9.13 Å². The van der Waals surface area contributed by atoms with E-state index in [-0.39, 0.29) is 11.6 Å². The lowest BCUT2D eigenvalue weighted by molar-refractivity contribution is 0.105. The second-order valence-electron chi connectivity index (χ2n) is 7.22. The molecule has 0 aliphatic heterocycles. The van der Waals surface area contributed by atoms with Gasteiger partial charge in [0.1, 0.15) is 0 Å². The molecule has 0 atom stereocenters. The number of ether oxygens (including phenoxy) is 1. The quantitative estimate of drug-likeness (QED) is 0.640. The molecule has 5 heteroatoms. The molecule has 2 saturated carbocycles. The van der Waals surface area contributed by atoms with Gasteiger partial charge in [0.25, 0.3) is 0 Å². The zero-order valence-electron chi connectivity index (χ0n) is 14.9. The number of benzene rings is 1. The van der Waals surface area contributed by atoms with Gasteiger partial charge in [0.2, 0.25) is 0 Å². The number of nitrogens with zero attached hydrogens (tertiary/aromatic N) is 2. The first-order valence-corrected chi connectivity index (χ1v) is 8.82. The van der Waals surface area contributed by atoms with Crippen LogP contribution in [0.3, 0.4) is 0 Å². The molecule has 1 aromatic carbocycles.